The van der Waals surface area contributed by atoms with E-state index < -0.39 is 22.4 Å². The van der Waals surface area contributed by atoms with Gasteiger partial charge in [-0.15, -0.1) is 0 Å². The van der Waals surface area contributed by atoms with E-state index in [1.807, 2.05) is 0 Å². The van der Waals surface area contributed by atoms with Crippen molar-refractivity contribution >= 4 is 22.3 Å². The standard InChI is InChI=1S/C7H13NO4.H2O4S/c1-11-6(9)4-3-5(8)7(10)12-2;1-5(2,3)4/h5H,3-4,8H2,1-2H3;(H2,1,2,3,4). The van der Waals surface area contributed by atoms with Gasteiger partial charge in [-0.05, 0) is 6.42 Å². The first kappa shape index (κ1) is 18.1. The maximum atomic E-state index is 10.7. The number of nitrogens with two attached hydrogens (primary N) is 1. The third-order valence-corrected chi connectivity index (χ3v) is 1.39. The summed E-state index contributed by atoms with van der Waals surface area (Å²) in [6.07, 6.45) is 0.381. The van der Waals surface area contributed by atoms with Gasteiger partial charge in [0.2, 0.25) is 0 Å². The summed E-state index contributed by atoms with van der Waals surface area (Å²) in [5.41, 5.74) is 5.35. The molecule has 0 aromatic heterocycles. The minimum absolute atomic E-state index is 0.132. The molecule has 0 bridgehead atoms. The smallest absolute Gasteiger partial charge is 0.394 e. The van der Waals surface area contributed by atoms with E-state index >= 15 is 0 Å². The Morgan fingerprint density at radius 1 is 1.24 bits per heavy atom. The first-order valence-corrected chi connectivity index (χ1v) is 5.61. The zero-order chi connectivity index (χ0) is 14.1. The molecule has 0 radical (unpaired) electrons. The summed E-state index contributed by atoms with van der Waals surface area (Å²) in [6, 6.07) is -0.742. The highest BCUT2D eigenvalue weighted by molar-refractivity contribution is 7.79. The number of ether oxygens (including phenoxy) is 2. The molecule has 0 spiro atoms. The Hall–Kier alpha value is -1.23. The maximum absolute atomic E-state index is 10.7. The average molecular weight is 273 g/mol. The Morgan fingerprint density at radius 3 is 1.94 bits per heavy atom. The fourth-order valence-electron chi connectivity index (χ4n) is 0.645. The molecule has 4 N–H and O–H groups in total. The van der Waals surface area contributed by atoms with Crippen LogP contribution >= 0.6 is 0 Å². The van der Waals surface area contributed by atoms with Crippen molar-refractivity contribution in [2.24, 2.45) is 5.73 Å². The van der Waals surface area contributed by atoms with Crippen LogP contribution in [0.4, 0.5) is 0 Å². The third kappa shape index (κ3) is 17.4. The lowest BCUT2D eigenvalue weighted by molar-refractivity contribution is -0.143. The molecular formula is C7H15NO8S. The van der Waals surface area contributed by atoms with Gasteiger partial charge in [0.05, 0.1) is 14.2 Å². The molecule has 0 saturated heterocycles. The number of carbonyl (C=O) groups excluding carboxylic acids is 2. The normalized spacial score (nSPS) is 11.8. The average Bonchev–Trinajstić information content (AvgIpc) is 2.21. The van der Waals surface area contributed by atoms with Crippen LogP contribution in [-0.2, 0) is 29.5 Å². The molecule has 0 aromatic carbocycles. The molecular weight excluding hydrogens is 258 g/mol. The lowest BCUT2D eigenvalue weighted by Crippen LogP contribution is -2.32. The molecule has 0 saturated carbocycles. The van der Waals surface area contributed by atoms with E-state index in [0.717, 1.165) is 0 Å². The molecule has 0 heterocycles. The van der Waals surface area contributed by atoms with Gasteiger partial charge in [0.25, 0.3) is 0 Å². The van der Waals surface area contributed by atoms with Crippen molar-refractivity contribution in [3.8, 4) is 0 Å². The van der Waals surface area contributed by atoms with Crippen LogP contribution < -0.4 is 5.73 Å². The molecule has 0 aromatic rings. The van der Waals surface area contributed by atoms with Gasteiger partial charge in [0.15, 0.2) is 0 Å². The Kier molecular flexibility index (Phi) is 9.47. The Labute approximate surface area is 98.5 Å². The number of hydrogen-bond acceptors (Lipinski definition) is 7. The van der Waals surface area contributed by atoms with Crippen molar-refractivity contribution in [2.45, 2.75) is 18.9 Å². The quantitative estimate of drug-likeness (QED) is 0.422. The fraction of sp³-hybridized carbons (Fsp3) is 0.714. The van der Waals surface area contributed by atoms with Gasteiger partial charge in [-0.25, -0.2) is 0 Å². The van der Waals surface area contributed by atoms with E-state index in [-0.39, 0.29) is 18.8 Å². The zero-order valence-corrected chi connectivity index (χ0v) is 10.1. The number of rotatable bonds is 4. The predicted octanol–water partition coefficient (Wildman–Crippen LogP) is -1.21. The van der Waals surface area contributed by atoms with Gasteiger partial charge >= 0.3 is 22.3 Å². The van der Waals surface area contributed by atoms with Gasteiger partial charge in [0.1, 0.15) is 6.04 Å². The van der Waals surface area contributed by atoms with E-state index in [1.165, 1.54) is 14.2 Å². The molecule has 0 aliphatic carbocycles. The molecule has 0 fully saturated rings. The maximum Gasteiger partial charge on any atom is 0.394 e. The molecule has 0 aliphatic rings. The zero-order valence-electron chi connectivity index (χ0n) is 9.32. The second-order valence-corrected chi connectivity index (χ2v) is 3.59. The fourth-order valence-corrected chi connectivity index (χ4v) is 0.645. The van der Waals surface area contributed by atoms with Crippen LogP contribution in [0.1, 0.15) is 12.8 Å². The molecule has 10 heteroatoms. The Morgan fingerprint density at radius 2 is 1.65 bits per heavy atom. The highest BCUT2D eigenvalue weighted by Crippen LogP contribution is 1.97. The summed E-state index contributed by atoms with van der Waals surface area (Å²) in [6.45, 7) is 0. The summed E-state index contributed by atoms with van der Waals surface area (Å²) in [5, 5.41) is 0. The van der Waals surface area contributed by atoms with E-state index in [9.17, 15) is 9.59 Å². The number of carbonyl (C=O) groups is 2. The summed E-state index contributed by atoms with van der Waals surface area (Å²) in [7, 11) is -2.13. The topological polar surface area (TPSA) is 153 Å². The largest absolute Gasteiger partial charge is 0.469 e. The lowest BCUT2D eigenvalue weighted by atomic mass is 10.2. The third-order valence-electron chi connectivity index (χ3n) is 1.39. The summed E-state index contributed by atoms with van der Waals surface area (Å²) in [4.78, 5) is 21.3. The molecule has 1 unspecified atom stereocenters. The molecule has 17 heavy (non-hydrogen) atoms. The molecule has 0 amide bonds. The number of hydrogen-bond donors (Lipinski definition) is 3. The van der Waals surface area contributed by atoms with E-state index in [1.54, 1.807) is 0 Å². The minimum atomic E-state index is -4.67. The van der Waals surface area contributed by atoms with Crippen LogP contribution in [0.25, 0.3) is 0 Å². The van der Waals surface area contributed by atoms with Gasteiger partial charge in [-0.3, -0.25) is 18.7 Å². The highest BCUT2D eigenvalue weighted by atomic mass is 32.3. The highest BCUT2D eigenvalue weighted by Gasteiger charge is 2.14. The van der Waals surface area contributed by atoms with Crippen molar-refractivity contribution in [1.82, 2.24) is 0 Å². The van der Waals surface area contributed by atoms with Gasteiger partial charge < -0.3 is 15.2 Å². The van der Waals surface area contributed by atoms with E-state index in [2.05, 4.69) is 9.47 Å². The number of esters is 2. The van der Waals surface area contributed by atoms with Crippen molar-refractivity contribution in [1.29, 1.82) is 0 Å². The Bertz CT molecular complexity index is 330. The van der Waals surface area contributed by atoms with Crippen molar-refractivity contribution < 1.29 is 36.6 Å². The molecule has 1 atom stereocenters. The van der Waals surface area contributed by atoms with Gasteiger partial charge in [0, 0.05) is 6.42 Å². The van der Waals surface area contributed by atoms with Gasteiger partial charge in [-0.2, -0.15) is 8.42 Å². The van der Waals surface area contributed by atoms with Crippen LogP contribution in [0.15, 0.2) is 0 Å². The Balaban J connectivity index is 0. The predicted molar refractivity (Wildman–Crippen MR) is 55.4 cm³/mol. The van der Waals surface area contributed by atoms with Crippen molar-refractivity contribution in [3.05, 3.63) is 0 Å². The molecule has 102 valence electrons. The first-order valence-electron chi connectivity index (χ1n) is 4.22. The summed E-state index contributed by atoms with van der Waals surface area (Å²) in [5.74, 6) is -0.895. The molecule has 9 nitrogen and oxygen atoms in total. The monoisotopic (exact) mass is 273 g/mol. The van der Waals surface area contributed by atoms with Gasteiger partial charge in [-0.1, -0.05) is 0 Å². The second kappa shape index (κ2) is 8.87. The second-order valence-electron chi connectivity index (χ2n) is 2.69. The summed E-state index contributed by atoms with van der Waals surface area (Å²) < 4.78 is 40.3. The SMILES string of the molecule is COC(=O)CCC(N)C(=O)OC.O=S(=O)(O)O. The summed E-state index contributed by atoms with van der Waals surface area (Å²) >= 11 is 0. The van der Waals surface area contributed by atoms with Crippen molar-refractivity contribution in [2.75, 3.05) is 14.2 Å². The first-order chi connectivity index (χ1) is 7.61. The van der Waals surface area contributed by atoms with Crippen LogP contribution in [0.2, 0.25) is 0 Å². The number of methoxy groups -OCH3 is 2. The van der Waals surface area contributed by atoms with Crippen LogP contribution in [0.3, 0.4) is 0 Å². The molecule has 0 aliphatic heterocycles. The minimum Gasteiger partial charge on any atom is -0.469 e. The van der Waals surface area contributed by atoms with Crippen LogP contribution in [-0.4, -0.2) is 49.7 Å². The van der Waals surface area contributed by atoms with Crippen LogP contribution in [0, 0.1) is 0 Å². The van der Waals surface area contributed by atoms with Crippen molar-refractivity contribution in [3.63, 3.8) is 0 Å². The van der Waals surface area contributed by atoms with Crippen LogP contribution in [0.5, 0.6) is 0 Å². The lowest BCUT2D eigenvalue weighted by Gasteiger charge is -2.07. The molecule has 0 rings (SSSR count). The van der Waals surface area contributed by atoms with E-state index in [0.29, 0.717) is 0 Å². The van der Waals surface area contributed by atoms with E-state index in [4.69, 9.17) is 23.3 Å².